The van der Waals surface area contributed by atoms with Crippen LogP contribution in [0.15, 0.2) is 42.5 Å². The minimum absolute atomic E-state index is 0.0280. The van der Waals surface area contributed by atoms with Gasteiger partial charge in [-0.05, 0) is 18.6 Å². The van der Waals surface area contributed by atoms with Crippen molar-refractivity contribution >= 4 is 5.97 Å². The van der Waals surface area contributed by atoms with E-state index in [0.29, 0.717) is 19.8 Å². The number of rotatable bonds is 8. The van der Waals surface area contributed by atoms with Crippen molar-refractivity contribution in [2.75, 3.05) is 13.2 Å². The number of carbonyl (C=O) groups is 1. The van der Waals surface area contributed by atoms with E-state index in [1.54, 1.807) is 13.0 Å². The second-order valence-electron chi connectivity index (χ2n) is 6.10. The third-order valence-electron chi connectivity index (χ3n) is 3.59. The molecule has 0 radical (unpaired) electrons. The molecule has 22 heavy (non-hydrogen) atoms. The summed E-state index contributed by atoms with van der Waals surface area (Å²) < 4.78 is 16.3. The normalized spacial score (nSPS) is 21.0. The lowest BCUT2D eigenvalue weighted by Crippen LogP contribution is -2.27. The maximum Gasteiger partial charge on any atom is 0.330 e. The van der Waals surface area contributed by atoms with Crippen LogP contribution in [-0.2, 0) is 25.6 Å². The average Bonchev–Trinajstić information content (AvgIpc) is 3.27. The quantitative estimate of drug-likeness (QED) is 0.420. The molecule has 0 amide bonds. The molecule has 1 heterocycles. The number of hydrogen-bond donors (Lipinski definition) is 0. The Morgan fingerprint density at radius 2 is 2.05 bits per heavy atom. The van der Waals surface area contributed by atoms with Crippen LogP contribution < -0.4 is 0 Å². The van der Waals surface area contributed by atoms with Crippen molar-refractivity contribution in [3.8, 4) is 0 Å². The second-order valence-corrected chi connectivity index (χ2v) is 6.10. The van der Waals surface area contributed by atoms with E-state index in [4.69, 9.17) is 14.2 Å². The van der Waals surface area contributed by atoms with Crippen LogP contribution in [0.25, 0.3) is 0 Å². The van der Waals surface area contributed by atoms with Crippen LogP contribution in [0.1, 0.15) is 26.3 Å². The maximum atomic E-state index is 11.3. The number of esters is 1. The molecular formula is C18H24O4. The van der Waals surface area contributed by atoms with E-state index < -0.39 is 0 Å². The Morgan fingerprint density at radius 1 is 1.32 bits per heavy atom. The predicted molar refractivity (Wildman–Crippen MR) is 84.3 cm³/mol. The molecule has 2 rings (SSSR count). The largest absolute Gasteiger partial charge is 0.463 e. The van der Waals surface area contributed by atoms with Gasteiger partial charge in [-0.2, -0.15) is 0 Å². The van der Waals surface area contributed by atoms with Gasteiger partial charge in [0.25, 0.3) is 0 Å². The third kappa shape index (κ3) is 4.97. The molecule has 4 nitrogen and oxygen atoms in total. The molecule has 120 valence electrons. The first-order chi connectivity index (χ1) is 10.5. The van der Waals surface area contributed by atoms with Gasteiger partial charge in [0.2, 0.25) is 0 Å². The van der Waals surface area contributed by atoms with Crippen molar-refractivity contribution in [1.29, 1.82) is 0 Å². The van der Waals surface area contributed by atoms with Gasteiger partial charge in [0.1, 0.15) is 6.10 Å². The first-order valence-electron chi connectivity index (χ1n) is 7.65. The summed E-state index contributed by atoms with van der Waals surface area (Å²) in [6.07, 6.45) is 3.25. The monoisotopic (exact) mass is 304 g/mol. The molecular weight excluding hydrogens is 280 g/mol. The summed E-state index contributed by atoms with van der Waals surface area (Å²) in [5.74, 6) is -0.324. The molecule has 1 fully saturated rings. The Bertz CT molecular complexity index is 507. The molecule has 0 unspecified atom stereocenters. The van der Waals surface area contributed by atoms with Crippen LogP contribution in [0.2, 0.25) is 0 Å². The summed E-state index contributed by atoms with van der Waals surface area (Å²) >= 11 is 0. The third-order valence-corrected chi connectivity index (χ3v) is 3.59. The maximum absolute atomic E-state index is 11.3. The molecule has 0 bridgehead atoms. The molecule has 0 spiro atoms. The zero-order chi connectivity index (χ0) is 16.0. The minimum atomic E-state index is -0.324. The van der Waals surface area contributed by atoms with Crippen LogP contribution in [0, 0.1) is 5.41 Å². The first-order valence-corrected chi connectivity index (χ1v) is 7.65. The predicted octanol–water partition coefficient (Wildman–Crippen LogP) is 3.12. The molecule has 2 atom stereocenters. The average molecular weight is 304 g/mol. The molecule has 0 aromatic heterocycles. The Morgan fingerprint density at radius 3 is 2.73 bits per heavy atom. The molecule has 1 aliphatic heterocycles. The van der Waals surface area contributed by atoms with Gasteiger partial charge >= 0.3 is 5.97 Å². The van der Waals surface area contributed by atoms with E-state index in [0.717, 1.165) is 5.56 Å². The Hall–Kier alpha value is -1.65. The van der Waals surface area contributed by atoms with Crippen LogP contribution in [0.4, 0.5) is 0 Å². The number of ether oxygens (including phenoxy) is 3. The van der Waals surface area contributed by atoms with E-state index in [-0.39, 0.29) is 23.6 Å². The van der Waals surface area contributed by atoms with E-state index >= 15 is 0 Å². The molecule has 0 aliphatic carbocycles. The molecule has 1 aromatic carbocycles. The fraction of sp³-hybridized carbons (Fsp3) is 0.500. The van der Waals surface area contributed by atoms with Gasteiger partial charge in [-0.15, -0.1) is 0 Å². The Balaban J connectivity index is 1.74. The van der Waals surface area contributed by atoms with Crippen molar-refractivity contribution in [3.05, 3.63) is 48.0 Å². The number of carbonyl (C=O) groups excluding carboxylic acids is 1. The van der Waals surface area contributed by atoms with Gasteiger partial charge in [0, 0.05) is 11.5 Å². The lowest BCUT2D eigenvalue weighted by molar-refractivity contribution is -0.137. The summed E-state index contributed by atoms with van der Waals surface area (Å²) in [5.41, 5.74) is 1.06. The van der Waals surface area contributed by atoms with E-state index in [1.807, 2.05) is 30.3 Å². The van der Waals surface area contributed by atoms with Gasteiger partial charge in [-0.3, -0.25) is 0 Å². The highest BCUT2D eigenvalue weighted by Gasteiger charge is 2.48. The number of epoxide rings is 1. The summed E-state index contributed by atoms with van der Waals surface area (Å²) in [5, 5.41) is 0. The fourth-order valence-corrected chi connectivity index (χ4v) is 2.35. The zero-order valence-electron chi connectivity index (χ0n) is 13.5. The lowest BCUT2D eigenvalue weighted by Gasteiger charge is -2.22. The van der Waals surface area contributed by atoms with Crippen LogP contribution in [0.3, 0.4) is 0 Å². The van der Waals surface area contributed by atoms with E-state index in [9.17, 15) is 4.79 Å². The molecule has 0 saturated carbocycles. The second kappa shape index (κ2) is 7.56. The van der Waals surface area contributed by atoms with Gasteiger partial charge in [0.15, 0.2) is 0 Å². The smallest absolute Gasteiger partial charge is 0.330 e. The topological polar surface area (TPSA) is 48.1 Å². The van der Waals surface area contributed by atoms with Crippen molar-refractivity contribution < 1.29 is 19.0 Å². The van der Waals surface area contributed by atoms with Gasteiger partial charge in [-0.25, -0.2) is 4.79 Å². The summed E-state index contributed by atoms with van der Waals surface area (Å²) in [6, 6.07) is 10.1. The van der Waals surface area contributed by atoms with Crippen molar-refractivity contribution in [2.24, 2.45) is 5.41 Å². The molecule has 0 N–H and O–H groups in total. The van der Waals surface area contributed by atoms with Crippen molar-refractivity contribution in [3.63, 3.8) is 0 Å². The highest BCUT2D eigenvalue weighted by molar-refractivity contribution is 5.82. The highest BCUT2D eigenvalue weighted by Crippen LogP contribution is 2.39. The molecule has 1 aliphatic rings. The lowest BCUT2D eigenvalue weighted by atomic mass is 9.88. The summed E-state index contributed by atoms with van der Waals surface area (Å²) in [7, 11) is 0. The molecule has 1 aromatic rings. The Labute approximate surface area is 132 Å². The molecule has 4 heteroatoms. The van der Waals surface area contributed by atoms with Gasteiger partial charge in [-0.1, -0.05) is 44.2 Å². The van der Waals surface area contributed by atoms with E-state index in [1.165, 1.54) is 6.08 Å². The number of hydrogen-bond acceptors (Lipinski definition) is 4. The minimum Gasteiger partial charge on any atom is -0.463 e. The van der Waals surface area contributed by atoms with Crippen LogP contribution in [0.5, 0.6) is 0 Å². The molecule has 1 saturated heterocycles. The van der Waals surface area contributed by atoms with Gasteiger partial charge in [0.05, 0.1) is 25.9 Å². The van der Waals surface area contributed by atoms with Gasteiger partial charge < -0.3 is 14.2 Å². The first kappa shape index (κ1) is 16.7. The Kier molecular flexibility index (Phi) is 5.75. The zero-order valence-corrected chi connectivity index (χ0v) is 13.5. The highest BCUT2D eigenvalue weighted by atomic mass is 16.6. The SMILES string of the molecule is CCOC(=O)/C=C/[C@@H]1O[C@H]1C(C)(C)COCc1ccccc1. The van der Waals surface area contributed by atoms with Crippen molar-refractivity contribution in [2.45, 2.75) is 39.6 Å². The van der Waals surface area contributed by atoms with Crippen molar-refractivity contribution in [1.82, 2.24) is 0 Å². The van der Waals surface area contributed by atoms with Crippen LogP contribution >= 0.6 is 0 Å². The van der Waals surface area contributed by atoms with Crippen LogP contribution in [-0.4, -0.2) is 31.4 Å². The van der Waals surface area contributed by atoms with E-state index in [2.05, 4.69) is 13.8 Å². The number of benzene rings is 1. The summed E-state index contributed by atoms with van der Waals surface area (Å²) in [4.78, 5) is 11.3. The fourth-order valence-electron chi connectivity index (χ4n) is 2.35. The summed E-state index contributed by atoms with van der Waals surface area (Å²) in [6.45, 7) is 7.60. The standard InChI is InChI=1S/C18H24O4/c1-4-21-16(19)11-10-15-17(22-15)18(2,3)13-20-12-14-8-6-5-7-9-14/h5-11,15,17H,4,12-13H2,1-3H3/b11-10+/t15-,17+/m0/s1.